The number of nitro benzene ring substituents is 2. The quantitative estimate of drug-likeness (QED) is 0.502. The van der Waals surface area contributed by atoms with Crippen molar-refractivity contribution in [1.82, 2.24) is 0 Å². The van der Waals surface area contributed by atoms with Crippen molar-refractivity contribution in [1.29, 1.82) is 0 Å². The van der Waals surface area contributed by atoms with Gasteiger partial charge in [0.15, 0.2) is 0 Å². The molecule has 0 atom stereocenters. The third kappa shape index (κ3) is 2.73. The number of benzene rings is 2. The second kappa shape index (κ2) is 5.45. The van der Waals surface area contributed by atoms with Gasteiger partial charge < -0.3 is 11.5 Å². The van der Waals surface area contributed by atoms with E-state index in [1.165, 1.54) is 24.3 Å². The third-order valence-electron chi connectivity index (χ3n) is 3.05. The number of nitrogens with zero attached hydrogens (tertiary/aromatic N) is 2. The Hall–Kier alpha value is -3.16. The molecule has 8 heteroatoms. The molecule has 2 aromatic carbocycles. The van der Waals surface area contributed by atoms with Gasteiger partial charge in [0.05, 0.1) is 9.85 Å². The standard InChI is InChI=1S/C13H12N4O4/c14-10-5-1-3-8(12(10)16(18)19)7-9-4-2-6-11(15)13(9)17(20)21/h1-6H,7,14-15H2. The highest BCUT2D eigenvalue weighted by Gasteiger charge is 2.23. The minimum Gasteiger partial charge on any atom is -0.393 e. The number of hydrogen-bond acceptors (Lipinski definition) is 6. The normalized spacial score (nSPS) is 10.3. The maximum Gasteiger partial charge on any atom is 0.295 e. The summed E-state index contributed by atoms with van der Waals surface area (Å²) in [6.07, 6.45) is 0.00269. The molecule has 0 saturated carbocycles. The zero-order valence-electron chi connectivity index (χ0n) is 10.9. The van der Waals surface area contributed by atoms with Crippen LogP contribution in [-0.4, -0.2) is 9.85 Å². The summed E-state index contributed by atoms with van der Waals surface area (Å²) >= 11 is 0. The zero-order valence-corrected chi connectivity index (χ0v) is 10.9. The second-order valence-corrected chi connectivity index (χ2v) is 4.40. The van der Waals surface area contributed by atoms with E-state index >= 15 is 0 Å². The first-order chi connectivity index (χ1) is 9.91. The predicted molar refractivity (Wildman–Crippen MR) is 77.8 cm³/mol. The van der Waals surface area contributed by atoms with Crippen LogP contribution in [0.25, 0.3) is 0 Å². The molecule has 2 aromatic rings. The molecule has 2 rings (SSSR count). The average Bonchev–Trinajstić information content (AvgIpc) is 2.37. The Balaban J connectivity index is 2.54. The van der Waals surface area contributed by atoms with E-state index < -0.39 is 9.85 Å². The Labute approximate surface area is 119 Å². The molecule has 0 unspecified atom stereocenters. The van der Waals surface area contributed by atoms with Crippen LogP contribution in [0.5, 0.6) is 0 Å². The van der Waals surface area contributed by atoms with Gasteiger partial charge in [-0.15, -0.1) is 0 Å². The summed E-state index contributed by atoms with van der Waals surface area (Å²) in [6.45, 7) is 0. The second-order valence-electron chi connectivity index (χ2n) is 4.40. The number of rotatable bonds is 4. The smallest absolute Gasteiger partial charge is 0.295 e. The van der Waals surface area contributed by atoms with E-state index in [0.29, 0.717) is 11.1 Å². The van der Waals surface area contributed by atoms with Crippen molar-refractivity contribution in [3.63, 3.8) is 0 Å². The highest BCUT2D eigenvalue weighted by atomic mass is 16.6. The van der Waals surface area contributed by atoms with E-state index in [-0.39, 0.29) is 29.2 Å². The molecule has 0 aliphatic rings. The van der Waals surface area contributed by atoms with E-state index in [0.717, 1.165) is 0 Å². The van der Waals surface area contributed by atoms with Crippen LogP contribution in [0.3, 0.4) is 0 Å². The number of anilines is 2. The van der Waals surface area contributed by atoms with Crippen LogP contribution in [-0.2, 0) is 6.42 Å². The van der Waals surface area contributed by atoms with Crippen molar-refractivity contribution >= 4 is 22.7 Å². The molecule has 0 aliphatic heterocycles. The summed E-state index contributed by atoms with van der Waals surface area (Å²) in [4.78, 5) is 21.0. The molecule has 4 N–H and O–H groups in total. The van der Waals surface area contributed by atoms with E-state index in [1.807, 2.05) is 0 Å². The fourth-order valence-corrected chi connectivity index (χ4v) is 2.16. The van der Waals surface area contributed by atoms with Crippen molar-refractivity contribution in [2.45, 2.75) is 6.42 Å². The molecule has 0 aromatic heterocycles. The van der Waals surface area contributed by atoms with Gasteiger partial charge >= 0.3 is 0 Å². The minimum atomic E-state index is -0.594. The van der Waals surface area contributed by atoms with Crippen molar-refractivity contribution in [2.24, 2.45) is 0 Å². The van der Waals surface area contributed by atoms with Crippen LogP contribution < -0.4 is 11.5 Å². The molecule has 0 bridgehead atoms. The van der Waals surface area contributed by atoms with Crippen molar-refractivity contribution in [2.75, 3.05) is 11.5 Å². The summed E-state index contributed by atoms with van der Waals surface area (Å²) < 4.78 is 0. The third-order valence-corrected chi connectivity index (χ3v) is 3.05. The van der Waals surface area contributed by atoms with Gasteiger partial charge in [-0.3, -0.25) is 20.2 Å². The molecular formula is C13H12N4O4. The zero-order chi connectivity index (χ0) is 15.6. The topological polar surface area (TPSA) is 138 Å². The number of nitrogens with two attached hydrogens (primary N) is 2. The number of nitro groups is 2. The van der Waals surface area contributed by atoms with Gasteiger partial charge in [0.2, 0.25) is 0 Å². The predicted octanol–water partition coefficient (Wildman–Crippen LogP) is 2.26. The summed E-state index contributed by atoms with van der Waals surface area (Å²) in [5, 5.41) is 22.2. The fraction of sp³-hybridized carbons (Fsp3) is 0.0769. The van der Waals surface area contributed by atoms with E-state index in [2.05, 4.69) is 0 Å². The molecule has 0 aliphatic carbocycles. The molecule has 0 radical (unpaired) electrons. The lowest BCUT2D eigenvalue weighted by Crippen LogP contribution is -2.04. The van der Waals surface area contributed by atoms with Crippen LogP contribution in [0.1, 0.15) is 11.1 Å². The Morgan fingerprint density at radius 3 is 1.52 bits per heavy atom. The Kier molecular flexibility index (Phi) is 3.70. The maximum absolute atomic E-state index is 11.1. The van der Waals surface area contributed by atoms with Gasteiger partial charge in [-0.25, -0.2) is 0 Å². The first-order valence-electron chi connectivity index (χ1n) is 5.95. The maximum atomic E-state index is 11.1. The molecular weight excluding hydrogens is 276 g/mol. The Morgan fingerprint density at radius 1 is 0.810 bits per heavy atom. The molecule has 21 heavy (non-hydrogen) atoms. The highest BCUT2D eigenvalue weighted by Crippen LogP contribution is 2.32. The lowest BCUT2D eigenvalue weighted by molar-refractivity contribution is -0.385. The number of para-hydroxylation sites is 2. The monoisotopic (exact) mass is 288 g/mol. The van der Waals surface area contributed by atoms with Crippen molar-refractivity contribution in [3.8, 4) is 0 Å². The molecule has 0 saturated heterocycles. The van der Waals surface area contributed by atoms with Gasteiger partial charge in [0.25, 0.3) is 11.4 Å². The molecule has 0 spiro atoms. The van der Waals surface area contributed by atoms with Gasteiger partial charge in [0, 0.05) is 17.5 Å². The average molecular weight is 288 g/mol. The minimum absolute atomic E-state index is 0.00269. The van der Waals surface area contributed by atoms with E-state index in [4.69, 9.17) is 11.5 Å². The first-order valence-corrected chi connectivity index (χ1v) is 5.95. The number of hydrogen-bond donors (Lipinski definition) is 2. The van der Waals surface area contributed by atoms with Gasteiger partial charge in [-0.2, -0.15) is 0 Å². The molecule has 0 amide bonds. The molecule has 108 valence electrons. The number of nitrogen functional groups attached to an aromatic ring is 2. The van der Waals surface area contributed by atoms with Crippen LogP contribution in [0.15, 0.2) is 36.4 Å². The van der Waals surface area contributed by atoms with Crippen molar-refractivity contribution < 1.29 is 9.85 Å². The summed E-state index contributed by atoms with van der Waals surface area (Å²) in [6, 6.07) is 8.99. The van der Waals surface area contributed by atoms with Gasteiger partial charge in [-0.1, -0.05) is 24.3 Å². The fourth-order valence-electron chi connectivity index (χ4n) is 2.16. The van der Waals surface area contributed by atoms with Gasteiger partial charge in [-0.05, 0) is 12.1 Å². The molecule has 0 fully saturated rings. The lowest BCUT2D eigenvalue weighted by Gasteiger charge is -2.07. The Bertz CT molecular complexity index is 669. The lowest BCUT2D eigenvalue weighted by atomic mass is 10.0. The van der Waals surface area contributed by atoms with Crippen LogP contribution in [0.4, 0.5) is 22.7 Å². The van der Waals surface area contributed by atoms with Gasteiger partial charge in [0.1, 0.15) is 11.4 Å². The summed E-state index contributed by atoms with van der Waals surface area (Å²) in [5.41, 5.74) is 11.4. The summed E-state index contributed by atoms with van der Waals surface area (Å²) in [5.74, 6) is 0. The summed E-state index contributed by atoms with van der Waals surface area (Å²) in [7, 11) is 0. The first kappa shape index (κ1) is 14.3. The van der Waals surface area contributed by atoms with E-state index in [1.54, 1.807) is 12.1 Å². The molecule has 8 nitrogen and oxygen atoms in total. The Morgan fingerprint density at radius 2 is 1.19 bits per heavy atom. The van der Waals surface area contributed by atoms with Crippen LogP contribution in [0, 0.1) is 20.2 Å². The van der Waals surface area contributed by atoms with Crippen molar-refractivity contribution in [3.05, 3.63) is 67.8 Å². The van der Waals surface area contributed by atoms with Crippen LogP contribution >= 0.6 is 0 Å². The van der Waals surface area contributed by atoms with Crippen LogP contribution in [0.2, 0.25) is 0 Å². The van der Waals surface area contributed by atoms with E-state index in [9.17, 15) is 20.2 Å². The SMILES string of the molecule is Nc1cccc(Cc2cccc(N)c2[N+](=O)[O-])c1[N+](=O)[O-]. The highest BCUT2D eigenvalue weighted by molar-refractivity contribution is 5.67. The molecule has 0 heterocycles. The largest absolute Gasteiger partial charge is 0.393 e.